The van der Waals surface area contributed by atoms with Crippen LogP contribution in [0.3, 0.4) is 0 Å². The Morgan fingerprint density at radius 2 is 2.00 bits per heavy atom. The fourth-order valence-electron chi connectivity index (χ4n) is 1.15. The summed E-state index contributed by atoms with van der Waals surface area (Å²) in [5.74, 6) is -0.232. The lowest BCUT2D eigenvalue weighted by atomic mass is 10.1. The van der Waals surface area contributed by atoms with Crippen molar-refractivity contribution in [2.24, 2.45) is 0 Å². The molecule has 0 aromatic heterocycles. The van der Waals surface area contributed by atoms with Crippen LogP contribution in [0.4, 0.5) is 4.39 Å². The minimum absolute atomic E-state index is 0.232. The van der Waals surface area contributed by atoms with E-state index in [0.29, 0.717) is 12.1 Å². The smallest absolute Gasteiger partial charge is 0.127 e. The summed E-state index contributed by atoms with van der Waals surface area (Å²) in [5.41, 5.74) is 0.567. The summed E-state index contributed by atoms with van der Waals surface area (Å²) in [6, 6.07) is 6.61. The zero-order valence-electron chi connectivity index (χ0n) is 7.80. The summed E-state index contributed by atoms with van der Waals surface area (Å²) in [4.78, 5) is 1.93. The maximum absolute atomic E-state index is 13.2. The van der Waals surface area contributed by atoms with Crippen LogP contribution < -0.4 is 0 Å². The van der Waals surface area contributed by atoms with Crippen LogP contribution in [0.25, 0.3) is 0 Å². The second-order valence-electron chi connectivity index (χ2n) is 3.25. The number of nitrogens with zero attached hydrogens (tertiary/aromatic N) is 1. The van der Waals surface area contributed by atoms with Crippen LogP contribution in [0.2, 0.25) is 0 Å². The molecule has 0 amide bonds. The van der Waals surface area contributed by atoms with Crippen molar-refractivity contribution < 1.29 is 4.39 Å². The highest BCUT2D eigenvalue weighted by Gasteiger charge is 2.12. The highest BCUT2D eigenvalue weighted by Crippen LogP contribution is 2.23. The summed E-state index contributed by atoms with van der Waals surface area (Å²) in [7, 11) is 3.83. The van der Waals surface area contributed by atoms with Gasteiger partial charge in [-0.1, -0.05) is 18.2 Å². The van der Waals surface area contributed by atoms with Crippen molar-refractivity contribution in [1.82, 2.24) is 4.90 Å². The number of hydrogen-bond acceptors (Lipinski definition) is 1. The number of benzene rings is 1. The Balaban J connectivity index is 2.76. The first-order valence-corrected chi connectivity index (χ1v) is 4.58. The molecule has 1 rings (SSSR count). The van der Waals surface area contributed by atoms with Crippen LogP contribution in [-0.2, 0) is 0 Å². The topological polar surface area (TPSA) is 3.24 Å². The Morgan fingerprint density at radius 3 is 2.54 bits per heavy atom. The minimum atomic E-state index is -0.281. The number of alkyl halides is 1. The van der Waals surface area contributed by atoms with Crippen LogP contribution in [0, 0.1) is 5.82 Å². The Kier molecular flexibility index (Phi) is 3.70. The van der Waals surface area contributed by atoms with E-state index in [0.717, 1.165) is 0 Å². The first-order valence-electron chi connectivity index (χ1n) is 4.14. The van der Waals surface area contributed by atoms with Crippen LogP contribution in [0.1, 0.15) is 10.9 Å². The monoisotopic (exact) mass is 201 g/mol. The van der Waals surface area contributed by atoms with Gasteiger partial charge in [-0.25, -0.2) is 4.39 Å². The predicted molar refractivity (Wildman–Crippen MR) is 53.5 cm³/mol. The molecule has 3 heteroatoms. The molecule has 1 aromatic carbocycles. The van der Waals surface area contributed by atoms with Gasteiger partial charge in [0.2, 0.25) is 0 Å². The predicted octanol–water partition coefficient (Wildman–Crippen LogP) is 2.67. The van der Waals surface area contributed by atoms with Crippen molar-refractivity contribution in [1.29, 1.82) is 0 Å². The zero-order valence-corrected chi connectivity index (χ0v) is 8.55. The lowest BCUT2D eigenvalue weighted by Crippen LogP contribution is -2.17. The van der Waals surface area contributed by atoms with Gasteiger partial charge in [-0.2, -0.15) is 0 Å². The van der Waals surface area contributed by atoms with Gasteiger partial charge in [-0.05, 0) is 20.2 Å². The molecule has 1 aromatic rings. The third-order valence-electron chi connectivity index (χ3n) is 1.77. The molecule has 1 nitrogen and oxygen atoms in total. The van der Waals surface area contributed by atoms with Crippen molar-refractivity contribution in [2.45, 2.75) is 5.38 Å². The van der Waals surface area contributed by atoms with E-state index in [1.165, 1.54) is 6.07 Å². The normalized spacial score (nSPS) is 13.3. The van der Waals surface area contributed by atoms with E-state index >= 15 is 0 Å². The highest BCUT2D eigenvalue weighted by molar-refractivity contribution is 6.21. The number of hydrogen-bond donors (Lipinski definition) is 0. The molecular weight excluding hydrogens is 189 g/mol. The fourth-order valence-corrected chi connectivity index (χ4v) is 1.60. The van der Waals surface area contributed by atoms with E-state index < -0.39 is 0 Å². The Morgan fingerprint density at radius 1 is 1.38 bits per heavy atom. The molecule has 0 saturated heterocycles. The van der Waals surface area contributed by atoms with E-state index in [1.807, 2.05) is 19.0 Å². The van der Waals surface area contributed by atoms with E-state index in [4.69, 9.17) is 11.6 Å². The molecule has 0 aliphatic heterocycles. The van der Waals surface area contributed by atoms with Gasteiger partial charge in [0.1, 0.15) is 5.82 Å². The summed E-state index contributed by atoms with van der Waals surface area (Å²) < 4.78 is 13.2. The average molecular weight is 202 g/mol. The standard InChI is InChI=1S/C10H13ClFN/c1-13(2)7-9(11)8-5-3-4-6-10(8)12/h3-6,9H,7H2,1-2H3/t9-/m0/s1. The molecule has 72 valence electrons. The second kappa shape index (κ2) is 4.58. The summed E-state index contributed by atoms with van der Waals surface area (Å²) in [6.45, 7) is 0.641. The molecule has 0 radical (unpaired) electrons. The molecule has 0 fully saturated rings. The van der Waals surface area contributed by atoms with Gasteiger partial charge in [0.15, 0.2) is 0 Å². The van der Waals surface area contributed by atoms with Crippen LogP contribution in [0.15, 0.2) is 24.3 Å². The third-order valence-corrected chi connectivity index (χ3v) is 2.14. The number of likely N-dealkylation sites (N-methyl/N-ethyl adjacent to an activating group) is 1. The lowest BCUT2D eigenvalue weighted by Gasteiger charge is -2.15. The molecule has 0 N–H and O–H groups in total. The van der Waals surface area contributed by atoms with Crippen molar-refractivity contribution in [3.8, 4) is 0 Å². The molecular formula is C10H13ClFN. The first-order chi connectivity index (χ1) is 6.11. The third kappa shape index (κ3) is 2.98. The summed E-state index contributed by atoms with van der Waals surface area (Å²) in [6.07, 6.45) is 0. The van der Waals surface area contributed by atoms with Crippen molar-refractivity contribution in [3.63, 3.8) is 0 Å². The van der Waals surface area contributed by atoms with E-state index in [1.54, 1.807) is 18.2 Å². The molecule has 1 atom stereocenters. The van der Waals surface area contributed by atoms with Crippen LogP contribution in [-0.4, -0.2) is 25.5 Å². The molecule has 0 bridgehead atoms. The van der Waals surface area contributed by atoms with E-state index in [2.05, 4.69) is 0 Å². The minimum Gasteiger partial charge on any atom is -0.308 e. The zero-order chi connectivity index (χ0) is 9.84. The Bertz CT molecular complexity index is 275. The van der Waals surface area contributed by atoms with Crippen LogP contribution >= 0.6 is 11.6 Å². The maximum atomic E-state index is 13.2. The first kappa shape index (κ1) is 10.5. The van der Waals surface area contributed by atoms with Gasteiger partial charge >= 0.3 is 0 Å². The summed E-state index contributed by atoms with van der Waals surface area (Å²) in [5, 5.41) is -0.281. The summed E-state index contributed by atoms with van der Waals surface area (Å²) >= 11 is 6.02. The molecule has 0 aliphatic rings. The Labute approximate surface area is 83.1 Å². The molecule has 0 aliphatic carbocycles. The lowest BCUT2D eigenvalue weighted by molar-refractivity contribution is 0.404. The van der Waals surface area contributed by atoms with Crippen molar-refractivity contribution in [3.05, 3.63) is 35.6 Å². The molecule has 13 heavy (non-hydrogen) atoms. The number of halogens is 2. The Hall–Kier alpha value is -0.600. The largest absolute Gasteiger partial charge is 0.308 e. The van der Waals surface area contributed by atoms with Crippen molar-refractivity contribution >= 4 is 11.6 Å². The molecule has 0 unspecified atom stereocenters. The maximum Gasteiger partial charge on any atom is 0.127 e. The molecule has 0 spiro atoms. The SMILES string of the molecule is CN(C)C[C@H](Cl)c1ccccc1F. The van der Waals surface area contributed by atoms with Gasteiger partial charge < -0.3 is 4.90 Å². The quantitative estimate of drug-likeness (QED) is 0.680. The number of rotatable bonds is 3. The second-order valence-corrected chi connectivity index (χ2v) is 3.78. The van der Waals surface area contributed by atoms with E-state index in [-0.39, 0.29) is 11.2 Å². The van der Waals surface area contributed by atoms with Gasteiger partial charge in [0.05, 0.1) is 5.38 Å². The van der Waals surface area contributed by atoms with E-state index in [9.17, 15) is 4.39 Å². The highest BCUT2D eigenvalue weighted by atomic mass is 35.5. The van der Waals surface area contributed by atoms with Gasteiger partial charge in [0, 0.05) is 12.1 Å². The van der Waals surface area contributed by atoms with Gasteiger partial charge in [-0.3, -0.25) is 0 Å². The van der Waals surface area contributed by atoms with Crippen molar-refractivity contribution in [2.75, 3.05) is 20.6 Å². The van der Waals surface area contributed by atoms with Crippen LogP contribution in [0.5, 0.6) is 0 Å². The molecule has 0 saturated carbocycles. The van der Waals surface area contributed by atoms with Gasteiger partial charge in [-0.15, -0.1) is 11.6 Å². The average Bonchev–Trinajstić information content (AvgIpc) is 2.03. The fraction of sp³-hybridized carbons (Fsp3) is 0.400. The molecule has 0 heterocycles. The van der Waals surface area contributed by atoms with Gasteiger partial charge in [0.25, 0.3) is 0 Å².